The quantitative estimate of drug-likeness (QED) is 0.0425. The Labute approximate surface area is 356 Å². The molecule has 0 bridgehead atoms. The smallest absolute Gasteiger partial charge is 0.326 e. The zero-order valence-corrected chi connectivity index (χ0v) is 36.3. The van der Waals surface area contributed by atoms with Gasteiger partial charge in [0, 0.05) is 6.42 Å². The number of aliphatic carboxylic acids is 5. The lowest BCUT2D eigenvalue weighted by Gasteiger charge is -2.14. The average molecular weight is 874 g/mol. The third kappa shape index (κ3) is 50.6. The van der Waals surface area contributed by atoms with Crippen molar-refractivity contribution in [3.05, 3.63) is 0 Å². The summed E-state index contributed by atoms with van der Waals surface area (Å²) in [5.41, 5.74) is 30.4. The van der Waals surface area contributed by atoms with Crippen LogP contribution in [0.2, 0.25) is 0 Å². The third-order valence-corrected chi connectivity index (χ3v) is 8.50. The Hall–Kier alpha value is -3.54. The fraction of sp³-hybridized carbons (Fsp3) is 0.846. The molecule has 0 fully saturated rings. The summed E-state index contributed by atoms with van der Waals surface area (Å²) in [6.07, 6.45) is 19.1. The van der Waals surface area contributed by atoms with Crippen LogP contribution in [0.25, 0.3) is 0 Å². The van der Waals surface area contributed by atoms with Crippen LogP contribution in [-0.2, 0) is 28.8 Å². The highest BCUT2D eigenvalue weighted by Crippen LogP contribution is 2.13. The molecule has 21 N–H and O–H groups in total. The molecule has 1 amide bonds. The average Bonchev–Trinajstić information content (AvgIpc) is 3.19. The normalized spacial score (nSPS) is 13.8. The van der Waals surface area contributed by atoms with E-state index >= 15 is 0 Å². The minimum atomic E-state index is -1.18. The molecule has 0 aromatic heterocycles. The number of carbonyl (C=O) groups is 6. The minimum Gasteiger partial charge on any atom is -0.480 e. The Morgan fingerprint density at radius 1 is 0.483 bits per heavy atom. The summed E-state index contributed by atoms with van der Waals surface area (Å²) >= 11 is 0. The van der Waals surface area contributed by atoms with E-state index < -0.39 is 78.9 Å². The van der Waals surface area contributed by atoms with Crippen molar-refractivity contribution in [1.29, 1.82) is 0 Å². The van der Waals surface area contributed by atoms with E-state index in [-0.39, 0.29) is 5.91 Å². The molecule has 0 aliphatic rings. The fourth-order valence-corrected chi connectivity index (χ4v) is 4.44. The topological polar surface area (TPSA) is 432 Å². The van der Waals surface area contributed by atoms with Gasteiger partial charge in [0.15, 0.2) is 0 Å². The number of carboxylic acids is 5. The van der Waals surface area contributed by atoms with Gasteiger partial charge in [0.05, 0.1) is 18.8 Å². The van der Waals surface area contributed by atoms with E-state index in [9.17, 15) is 28.8 Å². The maximum atomic E-state index is 11.9. The second kappa shape index (κ2) is 46.5. The number of aliphatic hydroxyl groups excluding tert-OH is 3. The summed E-state index contributed by atoms with van der Waals surface area (Å²) in [5.74, 6) is -5.57. The zero-order valence-electron chi connectivity index (χ0n) is 36.3. The van der Waals surface area contributed by atoms with Gasteiger partial charge in [0.25, 0.3) is 0 Å². The molecule has 0 spiro atoms. The van der Waals surface area contributed by atoms with Crippen molar-refractivity contribution in [2.45, 2.75) is 192 Å². The molecule has 0 unspecified atom stereocenters. The lowest BCUT2D eigenvalue weighted by atomic mass is 10.0. The van der Waals surface area contributed by atoms with Crippen LogP contribution in [0.5, 0.6) is 0 Å². The molecule has 0 aromatic carbocycles. The number of aliphatic hydroxyl groups is 3. The Morgan fingerprint density at radius 2 is 0.833 bits per heavy atom. The zero-order chi connectivity index (χ0) is 47.5. The molecule has 0 aromatic rings. The van der Waals surface area contributed by atoms with Gasteiger partial charge in [-0.3, -0.25) is 24.0 Å². The van der Waals surface area contributed by atoms with Crippen molar-refractivity contribution in [2.24, 2.45) is 34.4 Å². The van der Waals surface area contributed by atoms with E-state index in [4.69, 9.17) is 75.3 Å². The third-order valence-electron chi connectivity index (χ3n) is 8.50. The maximum Gasteiger partial charge on any atom is 0.326 e. The molecule has 0 rings (SSSR count). The van der Waals surface area contributed by atoms with Crippen molar-refractivity contribution >= 4 is 35.8 Å². The number of nitrogens with two attached hydrogens (primary N) is 6. The first kappa shape index (κ1) is 65.6. The number of nitrogens with one attached hydrogen (secondary N) is 1. The molecule has 0 aliphatic carbocycles. The molecule has 21 nitrogen and oxygen atoms in total. The largest absolute Gasteiger partial charge is 0.480 e. The predicted molar refractivity (Wildman–Crippen MR) is 229 cm³/mol. The summed E-state index contributed by atoms with van der Waals surface area (Å²) < 4.78 is 0. The van der Waals surface area contributed by atoms with Crippen LogP contribution in [0.15, 0.2) is 0 Å². The summed E-state index contributed by atoms with van der Waals surface area (Å²) in [5, 5.41) is 69.1. The van der Waals surface area contributed by atoms with Crippen molar-refractivity contribution in [2.75, 3.05) is 19.7 Å². The van der Waals surface area contributed by atoms with E-state index in [1.165, 1.54) is 84.5 Å². The summed E-state index contributed by atoms with van der Waals surface area (Å²) in [4.78, 5) is 62.6. The Bertz CT molecular complexity index is 1050. The number of hydrogen-bond donors (Lipinski definition) is 15. The molecule has 0 radical (unpaired) electrons. The number of rotatable bonds is 31. The first-order valence-electron chi connectivity index (χ1n) is 20.9. The van der Waals surface area contributed by atoms with E-state index in [1.807, 2.05) is 0 Å². The highest BCUT2D eigenvalue weighted by atomic mass is 16.4. The lowest BCUT2D eigenvalue weighted by molar-refractivity contribution is -0.142. The first-order chi connectivity index (χ1) is 28.1. The van der Waals surface area contributed by atoms with Crippen LogP contribution in [0.3, 0.4) is 0 Å². The van der Waals surface area contributed by atoms with E-state index in [0.29, 0.717) is 32.4 Å². The van der Waals surface area contributed by atoms with Crippen LogP contribution in [-0.4, -0.2) is 139 Å². The molecule has 358 valence electrons. The molecule has 0 heterocycles. The molecular weight excluding hydrogens is 790 g/mol. The van der Waals surface area contributed by atoms with Crippen molar-refractivity contribution in [1.82, 2.24) is 5.32 Å². The van der Waals surface area contributed by atoms with Gasteiger partial charge >= 0.3 is 29.8 Å². The van der Waals surface area contributed by atoms with Crippen molar-refractivity contribution in [3.8, 4) is 0 Å². The number of carboxylic acid groups (broad SMARTS) is 5. The number of carbonyl (C=O) groups excluding carboxylic acids is 1. The van der Waals surface area contributed by atoms with Crippen molar-refractivity contribution in [3.63, 3.8) is 0 Å². The van der Waals surface area contributed by atoms with E-state index in [1.54, 1.807) is 0 Å². The maximum absolute atomic E-state index is 11.9. The van der Waals surface area contributed by atoms with Gasteiger partial charge in [-0.2, -0.15) is 0 Å². The van der Waals surface area contributed by atoms with E-state index in [0.717, 1.165) is 38.5 Å². The van der Waals surface area contributed by atoms with Gasteiger partial charge in [0.2, 0.25) is 5.91 Å². The van der Waals surface area contributed by atoms with Gasteiger partial charge in [0.1, 0.15) is 30.2 Å². The van der Waals surface area contributed by atoms with E-state index in [2.05, 4.69) is 12.2 Å². The summed E-state index contributed by atoms with van der Waals surface area (Å²) in [6, 6.07) is -4.93. The Morgan fingerprint density at radius 3 is 1.08 bits per heavy atom. The number of hydrogen-bond acceptors (Lipinski definition) is 15. The van der Waals surface area contributed by atoms with Gasteiger partial charge in [-0.25, -0.2) is 4.79 Å². The first-order valence-corrected chi connectivity index (χ1v) is 20.9. The van der Waals surface area contributed by atoms with Crippen LogP contribution in [0.4, 0.5) is 0 Å². The Balaban J connectivity index is -0.000000248. The predicted octanol–water partition coefficient (Wildman–Crippen LogP) is 0.642. The molecule has 60 heavy (non-hydrogen) atoms. The standard InChI is InChI=1S/C22H44N2O3.C6H14N2O2.2C4H9NO3.C3H7NO3/c1-2-3-4-5-6-7-8-9-10-11-12-13-14-18-21(25)24-20(22(26)27)17-15-16-19-23;7-4-2-1-3-5(8)6(9)10;2*1-2(6)3(5)4(7)8;4-2(1-5)3(6)7/h20H,2-19,23H2,1H3,(H,24,25)(H,26,27);5H,1-4,7-8H2,(H,9,10);2*2-3,6H,5H2,1H3,(H,7,8);2,5H,1,4H2,(H,6,7)/t20-;5-;2*2-,3+;2-/m00110/s1. The van der Waals surface area contributed by atoms with Gasteiger partial charge < -0.3 is 80.6 Å². The molecule has 0 saturated heterocycles. The fourth-order valence-electron chi connectivity index (χ4n) is 4.44. The summed E-state index contributed by atoms with van der Waals surface area (Å²) in [6.45, 7) is 5.57. The van der Waals surface area contributed by atoms with Gasteiger partial charge in [-0.05, 0) is 65.5 Å². The highest BCUT2D eigenvalue weighted by Gasteiger charge is 2.19. The Kier molecular flexibility index (Phi) is 50.9. The lowest BCUT2D eigenvalue weighted by Crippen LogP contribution is -2.40. The highest BCUT2D eigenvalue weighted by molar-refractivity contribution is 5.83. The molecular formula is C39H83N7O14. The molecule has 21 heteroatoms. The van der Waals surface area contributed by atoms with Crippen molar-refractivity contribution < 1.29 is 69.6 Å². The second-order valence-electron chi connectivity index (χ2n) is 14.3. The van der Waals surface area contributed by atoms with Crippen LogP contribution < -0.4 is 39.7 Å². The van der Waals surface area contributed by atoms with Gasteiger partial charge in [-0.15, -0.1) is 0 Å². The van der Waals surface area contributed by atoms with Crippen LogP contribution in [0.1, 0.15) is 149 Å². The number of unbranched alkanes of at least 4 members (excludes halogenated alkanes) is 14. The van der Waals surface area contributed by atoms with Gasteiger partial charge in [-0.1, -0.05) is 90.4 Å². The minimum absolute atomic E-state index is 0.141. The number of amides is 1. The SMILES string of the molecule is CCCCCCCCCCCCCCCC(=O)N[C@@H](CCCCN)C(=O)O.C[C@@H](O)[C@H](N)C(=O)O.C[C@@H](O)[C@H](N)C(=O)O.NCCCC[C@H](N)C(=O)O.N[C@@H](CO)C(=O)O. The monoisotopic (exact) mass is 874 g/mol. The molecule has 0 saturated carbocycles. The van der Waals surface area contributed by atoms with Crippen LogP contribution >= 0.6 is 0 Å². The molecule has 0 aliphatic heterocycles. The van der Waals surface area contributed by atoms with Crippen LogP contribution in [0, 0.1) is 0 Å². The summed E-state index contributed by atoms with van der Waals surface area (Å²) in [7, 11) is 0. The second-order valence-corrected chi connectivity index (χ2v) is 14.3. The molecule has 7 atom stereocenters.